The highest BCUT2D eigenvalue weighted by Gasteiger charge is 2.37. The van der Waals surface area contributed by atoms with E-state index in [9.17, 15) is 5.11 Å². The molecule has 1 heterocycles. The lowest BCUT2D eigenvalue weighted by molar-refractivity contribution is 0.132. The van der Waals surface area contributed by atoms with Crippen molar-refractivity contribution in [3.63, 3.8) is 0 Å². The summed E-state index contributed by atoms with van der Waals surface area (Å²) in [6, 6.07) is 15.5. The van der Waals surface area contributed by atoms with E-state index < -0.39 is 0 Å². The number of aryl methyl sites for hydroxylation is 1. The van der Waals surface area contributed by atoms with Gasteiger partial charge in [0.2, 0.25) is 0 Å². The standard InChI is InChI=1S/C33H44N2O3/c1-5-35(22-23-6-8-24(9-7-23)25-14-16-34(2)17-15-25)31-21-33(38-4)32(37-3)20-30(31)28-11-10-27-19-29(36)13-12-26(27)18-28/h6-9,12-13,19-21,25,28,30-31,36H,5,10-11,14-18,22H2,1-4H3/t28-,30?,31?/m1/s1. The summed E-state index contributed by atoms with van der Waals surface area (Å²) in [7, 11) is 5.69. The summed E-state index contributed by atoms with van der Waals surface area (Å²) < 4.78 is 11.5. The van der Waals surface area contributed by atoms with Gasteiger partial charge < -0.3 is 19.5 Å². The van der Waals surface area contributed by atoms with Gasteiger partial charge in [-0.05, 0) is 117 Å². The SMILES string of the molecule is CCN(Cc1ccc(C2CCN(C)CC2)cc1)C1C=C(OC)C(OC)=CC1[C@@H]1CCc2cc(O)ccc2C1. The van der Waals surface area contributed by atoms with Gasteiger partial charge in [-0.1, -0.05) is 37.3 Å². The maximum atomic E-state index is 9.96. The number of phenols is 1. The molecule has 2 aromatic rings. The lowest BCUT2D eigenvalue weighted by Gasteiger charge is -2.41. The molecule has 5 rings (SSSR count). The Morgan fingerprint density at radius 2 is 1.63 bits per heavy atom. The van der Waals surface area contributed by atoms with Crippen LogP contribution in [0.25, 0.3) is 0 Å². The van der Waals surface area contributed by atoms with Gasteiger partial charge >= 0.3 is 0 Å². The molecule has 204 valence electrons. The highest BCUT2D eigenvalue weighted by atomic mass is 16.5. The van der Waals surface area contributed by atoms with Crippen LogP contribution in [-0.2, 0) is 28.9 Å². The van der Waals surface area contributed by atoms with Crippen LogP contribution in [0.1, 0.15) is 54.4 Å². The fourth-order valence-corrected chi connectivity index (χ4v) is 6.80. The average molecular weight is 517 g/mol. The summed E-state index contributed by atoms with van der Waals surface area (Å²) >= 11 is 0. The zero-order chi connectivity index (χ0) is 26.6. The van der Waals surface area contributed by atoms with Crippen LogP contribution in [0.5, 0.6) is 5.75 Å². The first-order valence-electron chi connectivity index (χ1n) is 14.3. The number of benzene rings is 2. The third-order valence-electron chi connectivity index (χ3n) is 9.13. The lowest BCUT2D eigenvalue weighted by Crippen LogP contribution is -2.44. The second kappa shape index (κ2) is 12.0. The summed E-state index contributed by atoms with van der Waals surface area (Å²) in [5.74, 6) is 3.54. The molecule has 3 aliphatic rings. The number of nitrogens with zero attached hydrogens (tertiary/aromatic N) is 2. The van der Waals surface area contributed by atoms with Crippen LogP contribution >= 0.6 is 0 Å². The third-order valence-corrected chi connectivity index (χ3v) is 9.13. The van der Waals surface area contributed by atoms with Crippen LogP contribution in [0.3, 0.4) is 0 Å². The zero-order valence-corrected chi connectivity index (χ0v) is 23.5. The van der Waals surface area contributed by atoms with Crippen LogP contribution < -0.4 is 0 Å². The Morgan fingerprint density at radius 1 is 0.921 bits per heavy atom. The second-order valence-corrected chi connectivity index (χ2v) is 11.4. The first-order valence-corrected chi connectivity index (χ1v) is 14.3. The fraction of sp³-hybridized carbons (Fsp3) is 0.515. The van der Waals surface area contributed by atoms with Crippen molar-refractivity contribution >= 4 is 0 Å². The average Bonchev–Trinajstić information content (AvgIpc) is 2.95. The molecule has 0 bridgehead atoms. The minimum absolute atomic E-state index is 0.228. The smallest absolute Gasteiger partial charge is 0.158 e. The van der Waals surface area contributed by atoms with E-state index in [1.165, 1.54) is 48.2 Å². The number of hydrogen-bond donors (Lipinski definition) is 1. The maximum absolute atomic E-state index is 9.96. The van der Waals surface area contributed by atoms with E-state index in [0.717, 1.165) is 43.9 Å². The third kappa shape index (κ3) is 5.79. The van der Waals surface area contributed by atoms with E-state index in [-0.39, 0.29) is 6.04 Å². The van der Waals surface area contributed by atoms with Gasteiger partial charge in [0.05, 0.1) is 14.2 Å². The minimum atomic E-state index is 0.228. The minimum Gasteiger partial charge on any atom is -0.508 e. The van der Waals surface area contributed by atoms with Gasteiger partial charge in [0.1, 0.15) is 5.75 Å². The van der Waals surface area contributed by atoms with Gasteiger partial charge in [-0.25, -0.2) is 0 Å². The quantitative estimate of drug-likeness (QED) is 0.474. The van der Waals surface area contributed by atoms with Crippen LogP contribution in [-0.4, -0.2) is 61.8 Å². The Kier molecular flexibility index (Phi) is 8.45. The molecule has 1 fully saturated rings. The summed E-state index contributed by atoms with van der Waals surface area (Å²) in [4.78, 5) is 5.02. The van der Waals surface area contributed by atoms with Crippen molar-refractivity contribution in [2.75, 3.05) is 40.9 Å². The van der Waals surface area contributed by atoms with Crippen molar-refractivity contribution in [3.8, 4) is 5.75 Å². The molecule has 0 amide bonds. The molecule has 5 nitrogen and oxygen atoms in total. The number of fused-ring (bicyclic) bond motifs is 1. The van der Waals surface area contributed by atoms with Crippen LogP contribution in [0.2, 0.25) is 0 Å². The molecule has 2 aliphatic carbocycles. The molecule has 2 unspecified atom stereocenters. The van der Waals surface area contributed by atoms with E-state index in [4.69, 9.17) is 9.47 Å². The predicted molar refractivity (Wildman–Crippen MR) is 153 cm³/mol. The number of likely N-dealkylation sites (N-methyl/N-ethyl adjacent to an activating group) is 1. The van der Waals surface area contributed by atoms with E-state index in [2.05, 4.69) is 66.3 Å². The molecule has 1 aliphatic heterocycles. The number of phenolic OH excluding ortho intramolecular Hbond substituents is 1. The molecule has 1 saturated heterocycles. The Labute approximate surface area is 228 Å². The van der Waals surface area contributed by atoms with E-state index in [1.807, 2.05) is 12.1 Å². The van der Waals surface area contributed by atoms with Gasteiger partial charge in [-0.2, -0.15) is 0 Å². The first-order chi connectivity index (χ1) is 18.5. The molecular formula is C33H44N2O3. The highest BCUT2D eigenvalue weighted by Crippen LogP contribution is 2.40. The summed E-state index contributed by atoms with van der Waals surface area (Å²) in [6.45, 7) is 6.51. The Hall–Kier alpha value is -2.76. The highest BCUT2D eigenvalue weighted by molar-refractivity contribution is 5.38. The van der Waals surface area contributed by atoms with Crippen molar-refractivity contribution in [1.29, 1.82) is 0 Å². The summed E-state index contributed by atoms with van der Waals surface area (Å²) in [5.41, 5.74) is 5.50. The normalized spacial score (nSPS) is 24.5. The molecule has 0 saturated carbocycles. The number of ether oxygens (including phenoxy) is 2. The van der Waals surface area contributed by atoms with Crippen molar-refractivity contribution in [2.24, 2.45) is 11.8 Å². The van der Waals surface area contributed by atoms with Gasteiger partial charge in [0.25, 0.3) is 0 Å². The topological polar surface area (TPSA) is 45.2 Å². The molecule has 2 aromatic carbocycles. The molecule has 1 N–H and O–H groups in total. The Morgan fingerprint density at radius 3 is 2.32 bits per heavy atom. The molecule has 5 heteroatoms. The summed E-state index contributed by atoms with van der Waals surface area (Å²) in [5, 5.41) is 9.96. The number of methoxy groups -OCH3 is 2. The zero-order valence-electron chi connectivity index (χ0n) is 23.5. The molecule has 0 aromatic heterocycles. The van der Waals surface area contributed by atoms with E-state index in [0.29, 0.717) is 23.5 Å². The Balaban J connectivity index is 1.36. The van der Waals surface area contributed by atoms with Crippen molar-refractivity contribution in [2.45, 2.75) is 57.5 Å². The second-order valence-electron chi connectivity index (χ2n) is 11.4. The van der Waals surface area contributed by atoms with E-state index >= 15 is 0 Å². The number of aromatic hydroxyl groups is 1. The van der Waals surface area contributed by atoms with Crippen molar-refractivity contribution in [1.82, 2.24) is 9.80 Å². The van der Waals surface area contributed by atoms with Crippen LogP contribution in [0.15, 0.2) is 66.1 Å². The van der Waals surface area contributed by atoms with Gasteiger partial charge in [0.15, 0.2) is 11.5 Å². The number of piperidine rings is 1. The molecular weight excluding hydrogens is 472 g/mol. The molecule has 3 atom stereocenters. The monoisotopic (exact) mass is 516 g/mol. The van der Waals surface area contributed by atoms with E-state index in [1.54, 1.807) is 14.2 Å². The lowest BCUT2D eigenvalue weighted by atomic mass is 9.72. The molecule has 38 heavy (non-hydrogen) atoms. The largest absolute Gasteiger partial charge is 0.508 e. The predicted octanol–water partition coefficient (Wildman–Crippen LogP) is 5.89. The Bertz CT molecular complexity index is 1150. The number of rotatable bonds is 8. The summed E-state index contributed by atoms with van der Waals surface area (Å²) in [6.07, 6.45) is 10.2. The number of hydrogen-bond acceptors (Lipinski definition) is 5. The maximum Gasteiger partial charge on any atom is 0.158 e. The van der Waals surface area contributed by atoms with Gasteiger partial charge in [0, 0.05) is 18.5 Å². The number of likely N-dealkylation sites (tertiary alicyclic amines) is 1. The van der Waals surface area contributed by atoms with Gasteiger partial charge in [-0.3, -0.25) is 4.90 Å². The first kappa shape index (κ1) is 26.8. The fourth-order valence-electron chi connectivity index (χ4n) is 6.80. The molecule has 0 radical (unpaired) electrons. The van der Waals surface area contributed by atoms with Crippen molar-refractivity contribution < 1.29 is 14.6 Å². The van der Waals surface area contributed by atoms with Gasteiger partial charge in [-0.15, -0.1) is 0 Å². The molecule has 0 spiro atoms. The van der Waals surface area contributed by atoms with Crippen molar-refractivity contribution in [3.05, 3.63) is 88.4 Å². The van der Waals surface area contributed by atoms with Crippen LogP contribution in [0, 0.1) is 11.8 Å². The van der Waals surface area contributed by atoms with Crippen LogP contribution in [0.4, 0.5) is 0 Å².